The number of amides is 1. The van der Waals surface area contributed by atoms with Gasteiger partial charge in [-0.1, -0.05) is 42.5 Å². The van der Waals surface area contributed by atoms with E-state index in [0.29, 0.717) is 18.5 Å². The van der Waals surface area contributed by atoms with Gasteiger partial charge in [-0.2, -0.15) is 0 Å². The molecular weight excluding hydrogens is 304 g/mol. The highest BCUT2D eigenvalue weighted by atomic mass is 16.5. The number of carbonyl (C=O) groups is 1. The Morgan fingerprint density at radius 3 is 2.62 bits per heavy atom. The van der Waals surface area contributed by atoms with Crippen LogP contribution < -0.4 is 11.0 Å². The SMILES string of the molecule is O=C(CCc1cccn(Cc2ccc3ccccc3c2)c1=O)NO. The van der Waals surface area contributed by atoms with Crippen molar-refractivity contribution in [2.24, 2.45) is 0 Å². The van der Waals surface area contributed by atoms with Crippen molar-refractivity contribution in [1.29, 1.82) is 0 Å². The van der Waals surface area contributed by atoms with Crippen LogP contribution in [0.3, 0.4) is 0 Å². The molecule has 5 nitrogen and oxygen atoms in total. The van der Waals surface area contributed by atoms with Crippen molar-refractivity contribution in [2.75, 3.05) is 0 Å². The normalized spacial score (nSPS) is 10.7. The van der Waals surface area contributed by atoms with Gasteiger partial charge in [-0.15, -0.1) is 0 Å². The van der Waals surface area contributed by atoms with Gasteiger partial charge in [-0.3, -0.25) is 14.8 Å². The Kier molecular flexibility index (Phi) is 4.72. The Morgan fingerprint density at radius 2 is 1.83 bits per heavy atom. The zero-order chi connectivity index (χ0) is 16.9. The van der Waals surface area contributed by atoms with Gasteiger partial charge in [0.05, 0.1) is 6.54 Å². The molecule has 2 aromatic carbocycles. The minimum Gasteiger partial charge on any atom is -0.311 e. The summed E-state index contributed by atoms with van der Waals surface area (Å²) in [5.74, 6) is -0.501. The molecule has 0 saturated heterocycles. The van der Waals surface area contributed by atoms with Gasteiger partial charge < -0.3 is 4.57 Å². The average Bonchev–Trinajstić information content (AvgIpc) is 2.62. The molecule has 3 aromatic rings. The van der Waals surface area contributed by atoms with Crippen LogP contribution in [0.5, 0.6) is 0 Å². The van der Waals surface area contributed by atoms with Gasteiger partial charge in [0.2, 0.25) is 5.91 Å². The first-order valence-electron chi connectivity index (χ1n) is 7.76. The van der Waals surface area contributed by atoms with E-state index < -0.39 is 5.91 Å². The van der Waals surface area contributed by atoms with Gasteiger partial charge in [-0.05, 0) is 34.9 Å². The highest BCUT2D eigenvalue weighted by molar-refractivity contribution is 5.83. The van der Waals surface area contributed by atoms with Crippen molar-refractivity contribution in [3.05, 3.63) is 82.3 Å². The van der Waals surface area contributed by atoms with Crippen LogP contribution in [0.15, 0.2) is 65.6 Å². The molecule has 0 unspecified atom stereocenters. The van der Waals surface area contributed by atoms with Crippen molar-refractivity contribution in [3.63, 3.8) is 0 Å². The Morgan fingerprint density at radius 1 is 1.04 bits per heavy atom. The number of hydroxylamine groups is 1. The molecule has 0 saturated carbocycles. The first-order chi connectivity index (χ1) is 11.7. The summed E-state index contributed by atoms with van der Waals surface area (Å²) in [6.45, 7) is 0.476. The van der Waals surface area contributed by atoms with Crippen LogP contribution in [0, 0.1) is 0 Å². The highest BCUT2D eigenvalue weighted by Gasteiger charge is 2.07. The zero-order valence-electron chi connectivity index (χ0n) is 13.1. The predicted octanol–water partition coefficient (Wildman–Crippen LogP) is 2.49. The minimum atomic E-state index is -0.501. The molecule has 0 radical (unpaired) electrons. The summed E-state index contributed by atoms with van der Waals surface area (Å²) in [6.07, 6.45) is 2.11. The molecular formula is C19H18N2O3. The van der Waals surface area contributed by atoms with Crippen LogP contribution in [0.1, 0.15) is 17.5 Å². The molecule has 0 aliphatic carbocycles. The fraction of sp³-hybridized carbons (Fsp3) is 0.158. The molecule has 1 heterocycles. The number of aromatic nitrogens is 1. The molecule has 0 bridgehead atoms. The summed E-state index contributed by atoms with van der Waals surface area (Å²) in [7, 11) is 0. The van der Waals surface area contributed by atoms with Crippen molar-refractivity contribution in [2.45, 2.75) is 19.4 Å². The first-order valence-corrected chi connectivity index (χ1v) is 7.76. The van der Waals surface area contributed by atoms with Crippen LogP contribution in [0.4, 0.5) is 0 Å². The Labute approximate surface area is 139 Å². The van der Waals surface area contributed by atoms with Gasteiger partial charge >= 0.3 is 0 Å². The summed E-state index contributed by atoms with van der Waals surface area (Å²) < 4.78 is 1.64. The second-order valence-electron chi connectivity index (χ2n) is 5.68. The number of carbonyl (C=O) groups excluding carboxylic acids is 1. The van der Waals surface area contributed by atoms with Gasteiger partial charge in [-0.25, -0.2) is 5.48 Å². The molecule has 1 amide bonds. The third-order valence-corrected chi connectivity index (χ3v) is 4.01. The summed E-state index contributed by atoms with van der Waals surface area (Å²) >= 11 is 0. The van der Waals surface area contributed by atoms with E-state index in [1.807, 2.05) is 30.3 Å². The lowest BCUT2D eigenvalue weighted by Gasteiger charge is -2.09. The molecule has 122 valence electrons. The molecule has 0 aliphatic heterocycles. The third kappa shape index (κ3) is 3.52. The summed E-state index contributed by atoms with van der Waals surface area (Å²) in [6, 6.07) is 17.7. The molecule has 2 N–H and O–H groups in total. The lowest BCUT2D eigenvalue weighted by Crippen LogP contribution is -2.25. The lowest BCUT2D eigenvalue weighted by molar-refractivity contribution is -0.129. The maximum Gasteiger partial charge on any atom is 0.254 e. The molecule has 0 atom stereocenters. The van der Waals surface area contributed by atoms with Gasteiger partial charge in [0.15, 0.2) is 0 Å². The number of hydrogen-bond acceptors (Lipinski definition) is 3. The van der Waals surface area contributed by atoms with Crippen molar-refractivity contribution in [1.82, 2.24) is 10.0 Å². The number of hydrogen-bond donors (Lipinski definition) is 2. The highest BCUT2D eigenvalue weighted by Crippen LogP contribution is 2.16. The number of pyridine rings is 1. The lowest BCUT2D eigenvalue weighted by atomic mass is 10.1. The van der Waals surface area contributed by atoms with Crippen LogP contribution in [0.25, 0.3) is 10.8 Å². The monoisotopic (exact) mass is 322 g/mol. The van der Waals surface area contributed by atoms with Crippen molar-refractivity contribution >= 4 is 16.7 Å². The molecule has 24 heavy (non-hydrogen) atoms. The number of rotatable bonds is 5. The second-order valence-corrected chi connectivity index (χ2v) is 5.68. The minimum absolute atomic E-state index is 0.0751. The van der Waals surface area contributed by atoms with E-state index in [1.165, 1.54) is 0 Å². The van der Waals surface area contributed by atoms with Crippen LogP contribution in [-0.4, -0.2) is 15.7 Å². The third-order valence-electron chi connectivity index (χ3n) is 4.01. The smallest absolute Gasteiger partial charge is 0.254 e. The number of fused-ring (bicyclic) bond motifs is 1. The Balaban J connectivity index is 1.83. The topological polar surface area (TPSA) is 71.3 Å². The van der Waals surface area contributed by atoms with E-state index in [2.05, 4.69) is 12.1 Å². The largest absolute Gasteiger partial charge is 0.311 e. The van der Waals surface area contributed by atoms with Gasteiger partial charge in [0, 0.05) is 18.2 Å². The van der Waals surface area contributed by atoms with Gasteiger partial charge in [0.25, 0.3) is 5.56 Å². The van der Waals surface area contributed by atoms with E-state index in [9.17, 15) is 9.59 Å². The molecule has 3 rings (SSSR count). The number of nitrogens with zero attached hydrogens (tertiary/aromatic N) is 1. The number of nitrogens with one attached hydrogen (secondary N) is 1. The molecule has 5 heteroatoms. The van der Waals surface area contributed by atoms with E-state index in [-0.39, 0.29) is 12.0 Å². The fourth-order valence-corrected chi connectivity index (χ4v) is 2.74. The number of benzene rings is 2. The fourth-order valence-electron chi connectivity index (χ4n) is 2.74. The molecule has 0 spiro atoms. The second kappa shape index (κ2) is 7.10. The summed E-state index contributed by atoms with van der Waals surface area (Å²) in [5.41, 5.74) is 3.06. The standard InChI is InChI=1S/C19H18N2O3/c22-18(20-24)10-9-16-6-3-11-21(19(16)23)13-14-7-8-15-4-1-2-5-17(15)12-14/h1-8,11-12,24H,9-10,13H2,(H,20,22). The van der Waals surface area contributed by atoms with E-state index in [4.69, 9.17) is 5.21 Å². The first kappa shape index (κ1) is 16.0. The average molecular weight is 322 g/mol. The zero-order valence-corrected chi connectivity index (χ0v) is 13.1. The quantitative estimate of drug-likeness (QED) is 0.560. The van der Waals surface area contributed by atoms with Crippen LogP contribution in [0.2, 0.25) is 0 Å². The van der Waals surface area contributed by atoms with Crippen molar-refractivity contribution in [3.8, 4) is 0 Å². The van der Waals surface area contributed by atoms with Crippen molar-refractivity contribution < 1.29 is 10.0 Å². The Bertz CT molecular complexity index is 931. The summed E-state index contributed by atoms with van der Waals surface area (Å²) in [5, 5.41) is 10.8. The van der Waals surface area contributed by atoms with E-state index in [0.717, 1.165) is 16.3 Å². The maximum atomic E-state index is 12.5. The van der Waals surface area contributed by atoms with Crippen LogP contribution >= 0.6 is 0 Å². The molecule has 0 aliphatic rings. The number of aryl methyl sites for hydroxylation is 1. The van der Waals surface area contributed by atoms with Gasteiger partial charge in [0.1, 0.15) is 0 Å². The van der Waals surface area contributed by atoms with E-state index in [1.54, 1.807) is 28.4 Å². The van der Waals surface area contributed by atoms with E-state index >= 15 is 0 Å². The molecule has 0 fully saturated rings. The Hall–Kier alpha value is -2.92. The summed E-state index contributed by atoms with van der Waals surface area (Å²) in [4.78, 5) is 23.6. The maximum absolute atomic E-state index is 12.5. The van der Waals surface area contributed by atoms with Crippen LogP contribution in [-0.2, 0) is 17.8 Å². The predicted molar refractivity (Wildman–Crippen MR) is 92.0 cm³/mol. The molecule has 1 aromatic heterocycles.